The highest BCUT2D eigenvalue weighted by atomic mass is 15.2. The average molecular weight is 185 g/mol. The van der Waals surface area contributed by atoms with Crippen molar-refractivity contribution in [3.63, 3.8) is 0 Å². The molecular formula is C12H27N. The van der Waals surface area contributed by atoms with Crippen molar-refractivity contribution in [2.75, 3.05) is 7.05 Å². The monoisotopic (exact) mass is 185 g/mol. The van der Waals surface area contributed by atoms with Gasteiger partial charge in [-0.2, -0.15) is 0 Å². The summed E-state index contributed by atoms with van der Waals surface area (Å²) in [4.78, 5) is 2.51. The molecule has 1 heteroatoms. The Morgan fingerprint density at radius 1 is 1.15 bits per heavy atom. The minimum atomic E-state index is 0.301. The van der Waals surface area contributed by atoms with Gasteiger partial charge in [-0.25, -0.2) is 0 Å². The summed E-state index contributed by atoms with van der Waals surface area (Å²) >= 11 is 0. The molecule has 0 spiro atoms. The van der Waals surface area contributed by atoms with E-state index in [1.54, 1.807) is 0 Å². The number of rotatable bonds is 4. The SMILES string of the molecule is CCC(CC(C)C)N(C)C(C)(C)C. The van der Waals surface area contributed by atoms with E-state index in [4.69, 9.17) is 0 Å². The number of hydrogen-bond acceptors (Lipinski definition) is 1. The zero-order chi connectivity index (χ0) is 10.6. The molecule has 0 fully saturated rings. The van der Waals surface area contributed by atoms with Crippen molar-refractivity contribution in [2.45, 2.75) is 66.0 Å². The van der Waals surface area contributed by atoms with E-state index in [0.717, 1.165) is 12.0 Å². The minimum Gasteiger partial charge on any atom is -0.299 e. The smallest absolute Gasteiger partial charge is 0.0124 e. The van der Waals surface area contributed by atoms with Gasteiger partial charge in [0, 0.05) is 11.6 Å². The van der Waals surface area contributed by atoms with Gasteiger partial charge in [-0.15, -0.1) is 0 Å². The van der Waals surface area contributed by atoms with Crippen molar-refractivity contribution in [3.05, 3.63) is 0 Å². The molecule has 1 unspecified atom stereocenters. The Kier molecular flexibility index (Phi) is 4.98. The van der Waals surface area contributed by atoms with Crippen molar-refractivity contribution >= 4 is 0 Å². The van der Waals surface area contributed by atoms with E-state index < -0.39 is 0 Å². The lowest BCUT2D eigenvalue weighted by molar-refractivity contribution is 0.0993. The summed E-state index contributed by atoms with van der Waals surface area (Å²) in [6.07, 6.45) is 2.57. The summed E-state index contributed by atoms with van der Waals surface area (Å²) in [5, 5.41) is 0. The van der Waals surface area contributed by atoms with Crippen LogP contribution in [-0.4, -0.2) is 23.5 Å². The lowest BCUT2D eigenvalue weighted by atomic mass is 9.96. The standard InChI is InChI=1S/C12H27N/c1-8-11(9-10(2)3)13(7)12(4,5)6/h10-11H,8-9H2,1-7H3. The van der Waals surface area contributed by atoms with Gasteiger partial charge in [0.2, 0.25) is 0 Å². The quantitative estimate of drug-likeness (QED) is 0.647. The fraction of sp³-hybridized carbons (Fsp3) is 1.00. The van der Waals surface area contributed by atoms with Crippen LogP contribution in [0.1, 0.15) is 54.4 Å². The Bertz CT molecular complexity index is 133. The molecule has 0 aromatic rings. The first-order valence-electron chi connectivity index (χ1n) is 5.52. The molecule has 1 atom stereocenters. The molecule has 0 bridgehead atoms. The highest BCUT2D eigenvalue weighted by molar-refractivity contribution is 4.80. The molecule has 13 heavy (non-hydrogen) atoms. The highest BCUT2D eigenvalue weighted by Crippen LogP contribution is 2.21. The second-order valence-electron chi connectivity index (χ2n) is 5.47. The third-order valence-electron chi connectivity index (χ3n) is 2.82. The molecule has 1 nitrogen and oxygen atoms in total. The molecule has 0 saturated carbocycles. The molecular weight excluding hydrogens is 158 g/mol. The van der Waals surface area contributed by atoms with Gasteiger partial charge in [0.15, 0.2) is 0 Å². The van der Waals surface area contributed by atoms with Gasteiger partial charge in [-0.1, -0.05) is 20.8 Å². The van der Waals surface area contributed by atoms with E-state index >= 15 is 0 Å². The van der Waals surface area contributed by atoms with E-state index in [2.05, 4.69) is 53.5 Å². The molecule has 0 rings (SSSR count). The lowest BCUT2D eigenvalue weighted by Crippen LogP contribution is -2.45. The van der Waals surface area contributed by atoms with Gasteiger partial charge in [0.25, 0.3) is 0 Å². The van der Waals surface area contributed by atoms with E-state index in [9.17, 15) is 0 Å². The summed E-state index contributed by atoms with van der Waals surface area (Å²) in [6, 6.07) is 0.736. The second-order valence-corrected chi connectivity index (χ2v) is 5.47. The van der Waals surface area contributed by atoms with Gasteiger partial charge < -0.3 is 0 Å². The Morgan fingerprint density at radius 3 is 1.85 bits per heavy atom. The van der Waals surface area contributed by atoms with Crippen LogP contribution >= 0.6 is 0 Å². The molecule has 0 aliphatic heterocycles. The van der Waals surface area contributed by atoms with Gasteiger partial charge >= 0.3 is 0 Å². The fourth-order valence-electron chi connectivity index (χ4n) is 1.69. The van der Waals surface area contributed by atoms with Gasteiger partial charge in [0.05, 0.1) is 0 Å². The largest absolute Gasteiger partial charge is 0.299 e. The van der Waals surface area contributed by atoms with E-state index in [-0.39, 0.29) is 0 Å². The maximum atomic E-state index is 2.51. The second kappa shape index (κ2) is 4.99. The van der Waals surface area contributed by atoms with Crippen LogP contribution in [0.4, 0.5) is 0 Å². The van der Waals surface area contributed by atoms with Crippen molar-refractivity contribution in [3.8, 4) is 0 Å². The number of hydrogen-bond donors (Lipinski definition) is 0. The zero-order valence-electron chi connectivity index (χ0n) is 10.5. The van der Waals surface area contributed by atoms with Gasteiger partial charge in [-0.05, 0) is 46.6 Å². The summed E-state index contributed by atoms with van der Waals surface area (Å²) < 4.78 is 0. The Balaban J connectivity index is 4.23. The molecule has 0 N–H and O–H groups in total. The first-order chi connectivity index (χ1) is 5.79. The predicted molar refractivity (Wildman–Crippen MR) is 61.1 cm³/mol. The van der Waals surface area contributed by atoms with Crippen LogP contribution in [0.25, 0.3) is 0 Å². The van der Waals surface area contributed by atoms with Gasteiger partial charge in [0.1, 0.15) is 0 Å². The van der Waals surface area contributed by atoms with E-state index in [0.29, 0.717) is 5.54 Å². The van der Waals surface area contributed by atoms with Crippen LogP contribution in [-0.2, 0) is 0 Å². The van der Waals surface area contributed by atoms with Crippen LogP contribution in [0.3, 0.4) is 0 Å². The third-order valence-corrected chi connectivity index (χ3v) is 2.82. The van der Waals surface area contributed by atoms with Gasteiger partial charge in [-0.3, -0.25) is 4.90 Å². The Morgan fingerprint density at radius 2 is 1.62 bits per heavy atom. The first-order valence-corrected chi connectivity index (χ1v) is 5.52. The molecule has 0 aromatic heterocycles. The summed E-state index contributed by atoms with van der Waals surface area (Å²) in [5.74, 6) is 0.801. The summed E-state index contributed by atoms with van der Waals surface area (Å²) in [6.45, 7) is 13.8. The molecule has 0 aliphatic rings. The van der Waals surface area contributed by atoms with Crippen molar-refractivity contribution in [2.24, 2.45) is 5.92 Å². The zero-order valence-corrected chi connectivity index (χ0v) is 10.5. The summed E-state index contributed by atoms with van der Waals surface area (Å²) in [5.41, 5.74) is 0.301. The predicted octanol–water partition coefficient (Wildman–Crippen LogP) is 3.54. The van der Waals surface area contributed by atoms with Crippen molar-refractivity contribution in [1.82, 2.24) is 4.90 Å². The van der Waals surface area contributed by atoms with E-state index in [1.807, 2.05) is 0 Å². The Labute approximate surface area is 84.5 Å². The lowest BCUT2D eigenvalue weighted by Gasteiger charge is -2.39. The molecule has 0 amide bonds. The van der Waals surface area contributed by atoms with Crippen molar-refractivity contribution in [1.29, 1.82) is 0 Å². The minimum absolute atomic E-state index is 0.301. The first kappa shape index (κ1) is 13.0. The molecule has 0 aromatic carbocycles. The maximum absolute atomic E-state index is 2.51. The average Bonchev–Trinajstić information content (AvgIpc) is 1.96. The van der Waals surface area contributed by atoms with Crippen LogP contribution < -0.4 is 0 Å². The molecule has 0 heterocycles. The maximum Gasteiger partial charge on any atom is 0.0124 e. The molecule has 0 radical (unpaired) electrons. The highest BCUT2D eigenvalue weighted by Gasteiger charge is 2.24. The summed E-state index contributed by atoms with van der Waals surface area (Å²) in [7, 11) is 2.25. The molecule has 0 saturated heterocycles. The van der Waals surface area contributed by atoms with Crippen molar-refractivity contribution < 1.29 is 0 Å². The Hall–Kier alpha value is -0.0400. The fourth-order valence-corrected chi connectivity index (χ4v) is 1.69. The van der Waals surface area contributed by atoms with Crippen LogP contribution in [0.5, 0.6) is 0 Å². The van der Waals surface area contributed by atoms with E-state index in [1.165, 1.54) is 12.8 Å². The molecule has 0 aliphatic carbocycles. The van der Waals surface area contributed by atoms with Crippen LogP contribution in [0.15, 0.2) is 0 Å². The molecule has 80 valence electrons. The normalized spacial score (nSPS) is 15.5. The van der Waals surface area contributed by atoms with Crippen LogP contribution in [0.2, 0.25) is 0 Å². The third kappa shape index (κ3) is 4.66. The topological polar surface area (TPSA) is 3.24 Å². The van der Waals surface area contributed by atoms with Crippen LogP contribution in [0, 0.1) is 5.92 Å². The number of nitrogens with zero attached hydrogens (tertiary/aromatic N) is 1.